The number of benzene rings is 2. The summed E-state index contributed by atoms with van der Waals surface area (Å²) in [6, 6.07) is 15.5. The molecule has 21 heavy (non-hydrogen) atoms. The zero-order valence-corrected chi connectivity index (χ0v) is 11.6. The van der Waals surface area contributed by atoms with Crippen LogP contribution in [0.4, 0.5) is 17.1 Å². The van der Waals surface area contributed by atoms with Crippen LogP contribution < -0.4 is 11.1 Å². The van der Waals surface area contributed by atoms with Crippen molar-refractivity contribution in [3.05, 3.63) is 59.8 Å². The third-order valence-electron chi connectivity index (χ3n) is 3.42. The molecule has 0 saturated heterocycles. The molecular weight excluding hydrogens is 260 g/mol. The van der Waals surface area contributed by atoms with E-state index in [1.54, 1.807) is 6.20 Å². The second-order valence-electron chi connectivity index (χ2n) is 4.87. The first-order valence-corrected chi connectivity index (χ1v) is 6.60. The minimum atomic E-state index is 0.651. The molecule has 0 saturated carbocycles. The minimum absolute atomic E-state index is 0.651. The van der Waals surface area contributed by atoms with Gasteiger partial charge in [-0.15, -0.1) is 0 Å². The Morgan fingerprint density at radius 2 is 2.00 bits per heavy atom. The summed E-state index contributed by atoms with van der Waals surface area (Å²) in [5, 5.41) is 13.6. The molecule has 0 aliphatic carbocycles. The van der Waals surface area contributed by atoms with Gasteiger partial charge in [-0.2, -0.15) is 5.26 Å². The number of hydrogen-bond donors (Lipinski definition) is 2. The summed E-state index contributed by atoms with van der Waals surface area (Å²) in [6.07, 6.45) is 1.73. The van der Waals surface area contributed by atoms with E-state index in [4.69, 9.17) is 5.73 Å². The second kappa shape index (κ2) is 5.14. The largest absolute Gasteiger partial charge is 0.399 e. The van der Waals surface area contributed by atoms with E-state index < -0.39 is 0 Å². The molecule has 0 fully saturated rings. The molecule has 2 aromatic carbocycles. The third-order valence-corrected chi connectivity index (χ3v) is 3.42. The molecule has 3 rings (SSSR count). The van der Waals surface area contributed by atoms with E-state index in [1.165, 1.54) is 0 Å². The van der Waals surface area contributed by atoms with Gasteiger partial charge in [0.1, 0.15) is 6.07 Å². The lowest BCUT2D eigenvalue weighted by Crippen LogP contribution is -1.97. The number of anilines is 3. The number of hydrogen-bond acceptors (Lipinski definition) is 4. The van der Waals surface area contributed by atoms with Crippen LogP contribution in [0.2, 0.25) is 0 Å². The first kappa shape index (κ1) is 12.9. The monoisotopic (exact) mass is 274 g/mol. The normalized spacial score (nSPS) is 10.3. The average molecular weight is 274 g/mol. The van der Waals surface area contributed by atoms with Gasteiger partial charge in [-0.25, -0.2) is 0 Å². The molecule has 0 amide bonds. The molecule has 0 radical (unpaired) electrons. The van der Waals surface area contributed by atoms with Gasteiger partial charge in [-0.3, -0.25) is 4.98 Å². The van der Waals surface area contributed by atoms with Crippen LogP contribution in [-0.2, 0) is 0 Å². The molecule has 1 aromatic heterocycles. The SMILES string of the molecule is Cc1cccc(Nc2ccnc3cc(N)ccc23)c1C#N. The predicted octanol–water partition coefficient (Wildman–Crippen LogP) is 3.74. The molecule has 0 spiro atoms. The Kier molecular flexibility index (Phi) is 3.17. The summed E-state index contributed by atoms with van der Waals surface area (Å²) >= 11 is 0. The number of nitrogens with two attached hydrogens (primary N) is 1. The van der Waals surface area contributed by atoms with E-state index >= 15 is 0 Å². The van der Waals surface area contributed by atoms with Crippen LogP contribution in [0.25, 0.3) is 10.9 Å². The molecule has 4 nitrogen and oxygen atoms in total. The fourth-order valence-corrected chi connectivity index (χ4v) is 2.34. The van der Waals surface area contributed by atoms with Crippen LogP contribution in [0.1, 0.15) is 11.1 Å². The van der Waals surface area contributed by atoms with Crippen molar-refractivity contribution in [1.29, 1.82) is 5.26 Å². The Hall–Kier alpha value is -3.06. The number of rotatable bonds is 2. The van der Waals surface area contributed by atoms with Crippen LogP contribution in [0.5, 0.6) is 0 Å². The lowest BCUT2D eigenvalue weighted by Gasteiger charge is -2.12. The van der Waals surface area contributed by atoms with E-state index in [1.807, 2.05) is 49.4 Å². The first-order chi connectivity index (χ1) is 10.2. The Labute approximate surface area is 122 Å². The molecular formula is C17H14N4. The number of nitriles is 1. The molecule has 0 aliphatic heterocycles. The van der Waals surface area contributed by atoms with Crippen LogP contribution in [0, 0.1) is 18.3 Å². The van der Waals surface area contributed by atoms with Crippen molar-refractivity contribution in [2.24, 2.45) is 0 Å². The Morgan fingerprint density at radius 3 is 2.81 bits per heavy atom. The highest BCUT2D eigenvalue weighted by Gasteiger charge is 2.07. The number of pyridine rings is 1. The number of aryl methyl sites for hydroxylation is 1. The standard InChI is InChI=1S/C17H14N4/c1-11-3-2-4-15(14(11)10-18)21-16-7-8-20-17-9-12(19)5-6-13(16)17/h2-9H,19H2,1H3,(H,20,21). The summed E-state index contributed by atoms with van der Waals surface area (Å²) in [6.45, 7) is 1.93. The highest BCUT2D eigenvalue weighted by Crippen LogP contribution is 2.28. The van der Waals surface area contributed by atoms with Crippen molar-refractivity contribution >= 4 is 28.0 Å². The molecule has 0 atom stereocenters. The van der Waals surface area contributed by atoms with Gasteiger partial charge >= 0.3 is 0 Å². The number of nitrogens with zero attached hydrogens (tertiary/aromatic N) is 2. The quantitative estimate of drug-likeness (QED) is 0.698. The molecule has 3 N–H and O–H groups in total. The van der Waals surface area contributed by atoms with Crippen LogP contribution >= 0.6 is 0 Å². The van der Waals surface area contributed by atoms with E-state index in [-0.39, 0.29) is 0 Å². The molecule has 0 bridgehead atoms. The van der Waals surface area contributed by atoms with Gasteiger partial charge in [-0.1, -0.05) is 12.1 Å². The van der Waals surface area contributed by atoms with E-state index in [9.17, 15) is 5.26 Å². The first-order valence-electron chi connectivity index (χ1n) is 6.60. The van der Waals surface area contributed by atoms with Gasteiger partial charge in [-0.05, 0) is 42.8 Å². The lowest BCUT2D eigenvalue weighted by molar-refractivity contribution is 1.37. The fraction of sp³-hybridized carbons (Fsp3) is 0.0588. The molecule has 1 heterocycles. The van der Waals surface area contributed by atoms with Crippen LogP contribution in [0.3, 0.4) is 0 Å². The third kappa shape index (κ3) is 2.37. The molecule has 4 heteroatoms. The summed E-state index contributed by atoms with van der Waals surface area (Å²) < 4.78 is 0. The highest BCUT2D eigenvalue weighted by atomic mass is 14.9. The Balaban J connectivity index is 2.11. The predicted molar refractivity (Wildman–Crippen MR) is 85.3 cm³/mol. The second-order valence-corrected chi connectivity index (χ2v) is 4.87. The smallest absolute Gasteiger partial charge is 0.102 e. The lowest BCUT2D eigenvalue weighted by atomic mass is 10.1. The maximum atomic E-state index is 9.31. The van der Waals surface area contributed by atoms with Crippen LogP contribution in [0.15, 0.2) is 48.7 Å². The van der Waals surface area contributed by atoms with Crippen molar-refractivity contribution in [1.82, 2.24) is 4.98 Å². The summed E-state index contributed by atoms with van der Waals surface area (Å²) in [5.74, 6) is 0. The fourth-order valence-electron chi connectivity index (χ4n) is 2.34. The topological polar surface area (TPSA) is 74.7 Å². The number of nitrogen functional groups attached to an aromatic ring is 1. The average Bonchev–Trinajstić information content (AvgIpc) is 2.47. The number of aromatic nitrogens is 1. The van der Waals surface area contributed by atoms with E-state index in [0.29, 0.717) is 11.3 Å². The van der Waals surface area contributed by atoms with Crippen molar-refractivity contribution in [3.8, 4) is 6.07 Å². The Bertz CT molecular complexity index is 862. The zero-order valence-electron chi connectivity index (χ0n) is 11.6. The number of fused-ring (bicyclic) bond motifs is 1. The van der Waals surface area contributed by atoms with Gasteiger partial charge in [0.2, 0.25) is 0 Å². The van der Waals surface area contributed by atoms with Gasteiger partial charge in [0.15, 0.2) is 0 Å². The zero-order chi connectivity index (χ0) is 14.8. The summed E-state index contributed by atoms with van der Waals surface area (Å²) in [7, 11) is 0. The highest BCUT2D eigenvalue weighted by molar-refractivity contribution is 5.94. The molecule has 3 aromatic rings. The van der Waals surface area contributed by atoms with Crippen molar-refractivity contribution in [2.45, 2.75) is 6.92 Å². The van der Waals surface area contributed by atoms with E-state index in [0.717, 1.165) is 27.8 Å². The number of nitrogens with one attached hydrogen (secondary N) is 1. The minimum Gasteiger partial charge on any atom is -0.399 e. The molecule has 102 valence electrons. The van der Waals surface area contributed by atoms with Crippen molar-refractivity contribution in [2.75, 3.05) is 11.1 Å². The summed E-state index contributed by atoms with van der Waals surface area (Å²) in [4.78, 5) is 4.32. The summed E-state index contributed by atoms with van der Waals surface area (Å²) in [5.41, 5.74) is 10.6. The maximum Gasteiger partial charge on any atom is 0.102 e. The van der Waals surface area contributed by atoms with Crippen molar-refractivity contribution < 1.29 is 0 Å². The van der Waals surface area contributed by atoms with Gasteiger partial charge in [0, 0.05) is 23.0 Å². The Morgan fingerprint density at radius 1 is 1.14 bits per heavy atom. The maximum absolute atomic E-state index is 9.31. The van der Waals surface area contributed by atoms with Gasteiger partial charge in [0.25, 0.3) is 0 Å². The molecule has 0 aliphatic rings. The van der Waals surface area contributed by atoms with Gasteiger partial charge in [0.05, 0.1) is 16.8 Å². The van der Waals surface area contributed by atoms with Crippen LogP contribution in [-0.4, -0.2) is 4.98 Å². The van der Waals surface area contributed by atoms with Gasteiger partial charge < -0.3 is 11.1 Å². The molecule has 0 unspecified atom stereocenters. The van der Waals surface area contributed by atoms with Crippen molar-refractivity contribution in [3.63, 3.8) is 0 Å². The van der Waals surface area contributed by atoms with E-state index in [2.05, 4.69) is 16.4 Å².